The van der Waals surface area contributed by atoms with Crippen LogP contribution in [0.15, 0.2) is 243 Å². The van der Waals surface area contributed by atoms with E-state index in [1.54, 1.807) is 0 Å². The summed E-state index contributed by atoms with van der Waals surface area (Å²) in [5, 5.41) is 2.27. The topological polar surface area (TPSA) is 43.6 Å². The van der Waals surface area contributed by atoms with Crippen molar-refractivity contribution in [2.24, 2.45) is 0 Å². The van der Waals surface area contributed by atoms with Gasteiger partial charge in [-0.15, -0.1) is 0 Å². The highest BCUT2D eigenvalue weighted by Crippen LogP contribution is 2.68. The third-order valence-corrected chi connectivity index (χ3v) is 16.5. The largest absolute Gasteiger partial charge is 0.292 e. The summed E-state index contributed by atoms with van der Waals surface area (Å²) in [4.78, 5) is 15.8. The van der Waals surface area contributed by atoms with Gasteiger partial charge in [-0.25, -0.2) is 4.98 Å². The van der Waals surface area contributed by atoms with Gasteiger partial charge in [-0.05, 0) is 120 Å². The van der Waals surface area contributed by atoms with Gasteiger partial charge in [0.2, 0.25) is 0 Å². The normalized spacial score (nSPS) is 16.6. The lowest BCUT2D eigenvalue weighted by molar-refractivity contribution is 0.620. The molecule has 0 fully saturated rings. The number of hydrogen-bond donors (Lipinski definition) is 0. The number of nitrogens with zero attached hydrogens (tertiary/aromatic N) is 4. The zero-order valence-corrected chi connectivity index (χ0v) is 37.9. The van der Waals surface area contributed by atoms with Gasteiger partial charge >= 0.3 is 0 Å². The van der Waals surface area contributed by atoms with E-state index in [-0.39, 0.29) is 0 Å². The molecule has 0 saturated carbocycles. The van der Waals surface area contributed by atoms with E-state index >= 15 is 0 Å². The summed E-state index contributed by atoms with van der Waals surface area (Å²) >= 11 is 0. The van der Waals surface area contributed by atoms with Gasteiger partial charge in [0.1, 0.15) is 5.65 Å². The Bertz CT molecular complexity index is 4070. The van der Waals surface area contributed by atoms with Crippen molar-refractivity contribution in [3.8, 4) is 39.3 Å². The van der Waals surface area contributed by atoms with Crippen LogP contribution in [0.25, 0.3) is 61.3 Å². The minimum absolute atomic E-state index is 0.553. The molecule has 4 aliphatic carbocycles. The van der Waals surface area contributed by atoms with E-state index in [1.165, 1.54) is 77.9 Å². The maximum absolute atomic E-state index is 5.52. The maximum atomic E-state index is 5.52. The van der Waals surface area contributed by atoms with Crippen LogP contribution in [0.2, 0.25) is 0 Å². The Morgan fingerprint density at radius 3 is 1.47 bits per heavy atom. The summed E-state index contributed by atoms with van der Waals surface area (Å²) in [6, 6.07) is 84.2. The number of benzene rings is 8. The summed E-state index contributed by atoms with van der Waals surface area (Å²) in [6.07, 6.45) is 5.86. The van der Waals surface area contributed by atoms with Gasteiger partial charge in [-0.3, -0.25) is 14.5 Å². The highest BCUT2D eigenvalue weighted by molar-refractivity contribution is 6.08. The van der Waals surface area contributed by atoms with Crippen LogP contribution >= 0.6 is 0 Å². The Labute approximate surface area is 404 Å². The average molecular weight is 889 g/mol. The molecule has 324 valence electrons. The zero-order valence-electron chi connectivity index (χ0n) is 37.9. The first-order valence-electron chi connectivity index (χ1n) is 24.3. The number of pyridine rings is 3. The number of hydrogen-bond acceptors (Lipinski definition) is 3. The molecule has 1 atom stereocenters. The van der Waals surface area contributed by atoms with Gasteiger partial charge in [0, 0.05) is 28.7 Å². The van der Waals surface area contributed by atoms with Gasteiger partial charge in [-0.1, -0.05) is 188 Å². The lowest BCUT2D eigenvalue weighted by Crippen LogP contribution is -2.45. The molecule has 0 radical (unpaired) electrons. The van der Waals surface area contributed by atoms with Gasteiger partial charge in [0.05, 0.1) is 45.0 Å². The number of rotatable bonds is 3. The fraction of sp³-hybridized carbons (Fsp3) is 0.0455. The van der Waals surface area contributed by atoms with Crippen LogP contribution in [0.5, 0.6) is 0 Å². The van der Waals surface area contributed by atoms with E-state index < -0.39 is 16.2 Å². The Kier molecular flexibility index (Phi) is 7.38. The molecule has 16 rings (SSSR count). The lowest BCUT2D eigenvalue weighted by Gasteiger charge is -2.50. The predicted molar refractivity (Wildman–Crippen MR) is 280 cm³/mol. The van der Waals surface area contributed by atoms with Crippen molar-refractivity contribution in [2.45, 2.75) is 16.2 Å². The van der Waals surface area contributed by atoms with E-state index in [9.17, 15) is 0 Å². The Morgan fingerprint density at radius 2 is 0.786 bits per heavy atom. The van der Waals surface area contributed by atoms with Crippen molar-refractivity contribution in [2.75, 3.05) is 0 Å². The highest BCUT2D eigenvalue weighted by Gasteiger charge is 2.60. The summed E-state index contributed by atoms with van der Waals surface area (Å²) in [5.41, 5.74) is 22.6. The second kappa shape index (κ2) is 13.6. The lowest BCUT2D eigenvalue weighted by atomic mass is 9.51. The van der Waals surface area contributed by atoms with Gasteiger partial charge in [0.25, 0.3) is 0 Å². The monoisotopic (exact) mass is 888 g/mol. The Balaban J connectivity index is 1.12. The second-order valence-electron chi connectivity index (χ2n) is 19.3. The Hall–Kier alpha value is -8.99. The van der Waals surface area contributed by atoms with Crippen molar-refractivity contribution in [1.29, 1.82) is 0 Å². The molecule has 4 nitrogen and oxygen atoms in total. The van der Waals surface area contributed by atoms with Crippen LogP contribution in [-0.4, -0.2) is 19.5 Å². The second-order valence-corrected chi connectivity index (χ2v) is 19.3. The molecule has 1 unspecified atom stereocenters. The molecule has 0 amide bonds. The summed E-state index contributed by atoms with van der Waals surface area (Å²) in [5.74, 6) is 0. The minimum Gasteiger partial charge on any atom is -0.292 e. The standard InChI is InChI=1S/C66H40N4/c1-3-19-41(20-4-1)64(42-21-5-2-6-22-42)53-31-14-15-32-54(53)66(55-33-18-35-67-61(55)62-59(66)37-43(40-69-62)70-60-34-16-10-26-47(60)48-27-17-36-68-63(48)70)57-38-49-46-25-9-13-30-52(46)65(56(49)39-58(57)64)50-28-11-7-23-44(50)45-24-8-12-29-51(45)65/h1-40H. The SMILES string of the molecule is c1ccc(C2(c3ccccc3)c3ccccc3C3(c4cc5c(cc42)C2(c4ccccc4-c4ccccc42)c2ccccc2-5)c2cccnc2-c2ncc(-n4c5ccccc5c5cccnc54)cc23)cc1. The first-order chi connectivity index (χ1) is 34.7. The summed E-state index contributed by atoms with van der Waals surface area (Å²) in [7, 11) is 0. The zero-order chi connectivity index (χ0) is 45.8. The van der Waals surface area contributed by atoms with Gasteiger partial charge < -0.3 is 0 Å². The van der Waals surface area contributed by atoms with Crippen LogP contribution < -0.4 is 0 Å². The van der Waals surface area contributed by atoms with E-state index in [1.807, 2.05) is 24.7 Å². The molecule has 0 N–H and O–H groups in total. The van der Waals surface area contributed by atoms with Crippen molar-refractivity contribution in [3.05, 3.63) is 310 Å². The van der Waals surface area contributed by atoms with Crippen molar-refractivity contribution < 1.29 is 0 Å². The maximum Gasteiger partial charge on any atom is 0.145 e. The molecule has 4 heterocycles. The quantitative estimate of drug-likeness (QED) is 0.178. The van der Waals surface area contributed by atoms with E-state index in [0.29, 0.717) is 0 Å². The van der Waals surface area contributed by atoms with Crippen molar-refractivity contribution >= 4 is 21.9 Å². The third kappa shape index (κ3) is 4.38. The predicted octanol–water partition coefficient (Wildman–Crippen LogP) is 14.4. The van der Waals surface area contributed by atoms with Crippen molar-refractivity contribution in [3.63, 3.8) is 0 Å². The molecule has 4 aliphatic rings. The third-order valence-electron chi connectivity index (χ3n) is 16.5. The number of para-hydroxylation sites is 1. The molecule has 12 aromatic rings. The molecule has 70 heavy (non-hydrogen) atoms. The first-order valence-corrected chi connectivity index (χ1v) is 24.3. The molecule has 0 aliphatic heterocycles. The van der Waals surface area contributed by atoms with E-state index in [2.05, 4.69) is 223 Å². The van der Waals surface area contributed by atoms with Crippen LogP contribution in [0.3, 0.4) is 0 Å². The van der Waals surface area contributed by atoms with Crippen LogP contribution in [0.4, 0.5) is 0 Å². The minimum atomic E-state index is -0.835. The number of fused-ring (bicyclic) bond motifs is 22. The number of aromatic nitrogens is 4. The molecule has 8 aromatic carbocycles. The molecular weight excluding hydrogens is 849 g/mol. The van der Waals surface area contributed by atoms with Crippen LogP contribution in [0.1, 0.15) is 66.8 Å². The summed E-state index contributed by atoms with van der Waals surface area (Å²) in [6.45, 7) is 0. The summed E-state index contributed by atoms with van der Waals surface area (Å²) < 4.78 is 2.30. The van der Waals surface area contributed by atoms with Gasteiger partial charge in [-0.2, -0.15) is 0 Å². The molecule has 0 saturated heterocycles. The average Bonchev–Trinajstić information content (AvgIpc) is 4.12. The molecule has 4 heteroatoms. The first kappa shape index (κ1) is 38.0. The van der Waals surface area contributed by atoms with Crippen LogP contribution in [-0.2, 0) is 16.2 Å². The van der Waals surface area contributed by atoms with E-state index in [4.69, 9.17) is 15.0 Å². The molecule has 0 bridgehead atoms. The molecular formula is C66H40N4. The smallest absolute Gasteiger partial charge is 0.145 e. The molecule has 4 aromatic heterocycles. The van der Waals surface area contributed by atoms with Crippen LogP contribution in [0, 0.1) is 0 Å². The fourth-order valence-electron chi connectivity index (χ4n) is 14.1. The van der Waals surface area contributed by atoms with E-state index in [0.717, 1.165) is 50.1 Å². The molecule has 2 spiro atoms. The highest BCUT2D eigenvalue weighted by atomic mass is 15.1. The Morgan fingerprint density at radius 1 is 0.300 bits per heavy atom. The van der Waals surface area contributed by atoms with Crippen molar-refractivity contribution in [1.82, 2.24) is 19.5 Å². The van der Waals surface area contributed by atoms with Gasteiger partial charge in [0.15, 0.2) is 0 Å². The fourth-order valence-corrected chi connectivity index (χ4v) is 14.1.